The molecule has 15 heavy (non-hydrogen) atoms. The van der Waals surface area contributed by atoms with Gasteiger partial charge in [-0.2, -0.15) is 0 Å². The zero-order chi connectivity index (χ0) is 10.7. The summed E-state index contributed by atoms with van der Waals surface area (Å²) in [6.07, 6.45) is 2.69. The first-order valence-electron chi connectivity index (χ1n) is 5.76. The molecule has 2 atom stereocenters. The number of nitrogens with one attached hydrogen (secondary N) is 1. The minimum atomic E-state index is 0.589. The zero-order valence-corrected chi connectivity index (χ0v) is 10.4. The molecule has 1 fully saturated rings. The van der Waals surface area contributed by atoms with Crippen LogP contribution in [0.1, 0.15) is 30.7 Å². The Morgan fingerprint density at radius 2 is 2.53 bits per heavy atom. The normalized spacial score (nSPS) is 24.5. The summed E-state index contributed by atoms with van der Waals surface area (Å²) >= 11 is 1.88. The number of likely N-dealkylation sites (tertiary alicyclic amines) is 1. The van der Waals surface area contributed by atoms with Crippen molar-refractivity contribution in [2.24, 2.45) is 0 Å². The van der Waals surface area contributed by atoms with Crippen LogP contribution in [0, 0.1) is 0 Å². The standard InChI is InChI=1S/C12H20N2S/c1-10(12-6-4-8-15-12)14-7-3-5-11(14)9-13-2/h4,6,8,10-11,13H,3,5,7,9H2,1-2H3. The second kappa shape index (κ2) is 5.10. The molecule has 1 aliphatic heterocycles. The van der Waals surface area contributed by atoms with Crippen LogP contribution in [0.5, 0.6) is 0 Å². The number of hydrogen-bond acceptors (Lipinski definition) is 3. The third-order valence-electron chi connectivity index (χ3n) is 3.31. The molecule has 1 N–H and O–H groups in total. The van der Waals surface area contributed by atoms with E-state index in [1.165, 1.54) is 24.3 Å². The van der Waals surface area contributed by atoms with E-state index >= 15 is 0 Å². The zero-order valence-electron chi connectivity index (χ0n) is 9.57. The fraction of sp³-hybridized carbons (Fsp3) is 0.667. The van der Waals surface area contributed by atoms with E-state index in [2.05, 4.69) is 34.7 Å². The minimum Gasteiger partial charge on any atom is -0.318 e. The van der Waals surface area contributed by atoms with Crippen LogP contribution in [0.4, 0.5) is 0 Å². The third-order valence-corrected chi connectivity index (χ3v) is 4.36. The molecular weight excluding hydrogens is 204 g/mol. The summed E-state index contributed by atoms with van der Waals surface area (Å²) in [7, 11) is 2.05. The smallest absolute Gasteiger partial charge is 0.0416 e. The van der Waals surface area contributed by atoms with Crippen molar-refractivity contribution in [3.05, 3.63) is 22.4 Å². The van der Waals surface area contributed by atoms with Crippen molar-refractivity contribution in [1.82, 2.24) is 10.2 Å². The Bertz CT molecular complexity index is 284. The minimum absolute atomic E-state index is 0.589. The molecule has 2 unspecified atom stereocenters. The predicted molar refractivity (Wildman–Crippen MR) is 66.4 cm³/mol. The Hall–Kier alpha value is -0.380. The summed E-state index contributed by atoms with van der Waals surface area (Å²) in [6.45, 7) is 4.71. The molecule has 1 saturated heterocycles. The fourth-order valence-corrected chi connectivity index (χ4v) is 3.32. The van der Waals surface area contributed by atoms with Crippen LogP contribution in [0.2, 0.25) is 0 Å². The van der Waals surface area contributed by atoms with Crippen molar-refractivity contribution in [3.8, 4) is 0 Å². The molecular formula is C12H20N2S. The van der Waals surface area contributed by atoms with E-state index in [9.17, 15) is 0 Å². The van der Waals surface area contributed by atoms with Gasteiger partial charge in [0.1, 0.15) is 0 Å². The molecule has 1 aromatic rings. The van der Waals surface area contributed by atoms with Gasteiger partial charge < -0.3 is 5.32 Å². The van der Waals surface area contributed by atoms with Crippen molar-refractivity contribution in [1.29, 1.82) is 0 Å². The maximum absolute atomic E-state index is 3.30. The van der Waals surface area contributed by atoms with Crippen LogP contribution in [0.15, 0.2) is 17.5 Å². The van der Waals surface area contributed by atoms with Crippen LogP contribution in [0.25, 0.3) is 0 Å². The monoisotopic (exact) mass is 224 g/mol. The maximum atomic E-state index is 3.30. The molecule has 2 nitrogen and oxygen atoms in total. The molecule has 84 valence electrons. The average Bonchev–Trinajstić information content (AvgIpc) is 2.87. The van der Waals surface area contributed by atoms with E-state index < -0.39 is 0 Å². The lowest BCUT2D eigenvalue weighted by Crippen LogP contribution is -2.38. The average molecular weight is 224 g/mol. The van der Waals surface area contributed by atoms with Gasteiger partial charge in [0.05, 0.1) is 0 Å². The highest BCUT2D eigenvalue weighted by molar-refractivity contribution is 7.10. The molecule has 2 heterocycles. The van der Waals surface area contributed by atoms with Crippen LogP contribution in [0.3, 0.4) is 0 Å². The highest BCUT2D eigenvalue weighted by Crippen LogP contribution is 2.30. The molecule has 0 saturated carbocycles. The van der Waals surface area contributed by atoms with Crippen molar-refractivity contribution in [2.45, 2.75) is 31.8 Å². The summed E-state index contributed by atoms with van der Waals surface area (Å²) in [4.78, 5) is 4.14. The molecule has 1 aliphatic rings. The summed E-state index contributed by atoms with van der Waals surface area (Å²) in [5.41, 5.74) is 0. The molecule has 3 heteroatoms. The highest BCUT2D eigenvalue weighted by Gasteiger charge is 2.28. The lowest BCUT2D eigenvalue weighted by Gasteiger charge is -2.30. The van der Waals surface area contributed by atoms with E-state index in [4.69, 9.17) is 0 Å². The summed E-state index contributed by atoms with van der Waals surface area (Å²) < 4.78 is 0. The van der Waals surface area contributed by atoms with Gasteiger partial charge in [-0.3, -0.25) is 4.90 Å². The van der Waals surface area contributed by atoms with E-state index in [1.54, 1.807) is 0 Å². The molecule has 0 amide bonds. The predicted octanol–water partition coefficient (Wildman–Crippen LogP) is 2.49. The van der Waals surface area contributed by atoms with Gasteiger partial charge in [-0.1, -0.05) is 6.07 Å². The van der Waals surface area contributed by atoms with Crippen LogP contribution in [-0.4, -0.2) is 31.1 Å². The molecule has 1 aromatic heterocycles. The van der Waals surface area contributed by atoms with Gasteiger partial charge in [-0.15, -0.1) is 11.3 Å². The topological polar surface area (TPSA) is 15.3 Å². The Kier molecular flexibility index (Phi) is 3.78. The van der Waals surface area contributed by atoms with Gasteiger partial charge in [0.15, 0.2) is 0 Å². The number of hydrogen-bond donors (Lipinski definition) is 1. The first-order chi connectivity index (χ1) is 7.33. The number of nitrogens with zero attached hydrogens (tertiary/aromatic N) is 1. The van der Waals surface area contributed by atoms with Crippen molar-refractivity contribution in [2.75, 3.05) is 20.1 Å². The van der Waals surface area contributed by atoms with Crippen molar-refractivity contribution < 1.29 is 0 Å². The highest BCUT2D eigenvalue weighted by atomic mass is 32.1. The number of likely N-dealkylation sites (N-methyl/N-ethyl adjacent to an activating group) is 1. The first kappa shape index (κ1) is 11.1. The summed E-state index contributed by atoms with van der Waals surface area (Å²) in [5, 5.41) is 5.48. The summed E-state index contributed by atoms with van der Waals surface area (Å²) in [5.74, 6) is 0. The largest absolute Gasteiger partial charge is 0.318 e. The van der Waals surface area contributed by atoms with Crippen LogP contribution >= 0.6 is 11.3 Å². The lowest BCUT2D eigenvalue weighted by molar-refractivity contribution is 0.193. The molecule has 2 rings (SSSR count). The molecule has 0 spiro atoms. The third kappa shape index (κ3) is 2.41. The Labute approximate surface area is 96.3 Å². The van der Waals surface area contributed by atoms with Gasteiger partial charge in [0, 0.05) is 23.5 Å². The Balaban J connectivity index is 2.03. The molecule has 0 radical (unpaired) electrons. The van der Waals surface area contributed by atoms with Crippen LogP contribution < -0.4 is 5.32 Å². The van der Waals surface area contributed by atoms with Crippen molar-refractivity contribution in [3.63, 3.8) is 0 Å². The fourth-order valence-electron chi connectivity index (χ4n) is 2.52. The van der Waals surface area contributed by atoms with E-state index in [1.807, 2.05) is 18.4 Å². The van der Waals surface area contributed by atoms with Gasteiger partial charge >= 0.3 is 0 Å². The SMILES string of the molecule is CNCC1CCCN1C(C)c1cccs1. The first-order valence-corrected chi connectivity index (χ1v) is 6.64. The van der Waals surface area contributed by atoms with E-state index in [-0.39, 0.29) is 0 Å². The van der Waals surface area contributed by atoms with Gasteiger partial charge in [-0.05, 0) is 44.8 Å². The Morgan fingerprint density at radius 1 is 1.67 bits per heavy atom. The molecule has 0 bridgehead atoms. The van der Waals surface area contributed by atoms with E-state index in [0.29, 0.717) is 6.04 Å². The van der Waals surface area contributed by atoms with E-state index in [0.717, 1.165) is 12.6 Å². The second-order valence-corrected chi connectivity index (χ2v) is 5.26. The lowest BCUT2D eigenvalue weighted by atomic mass is 10.2. The Morgan fingerprint density at radius 3 is 3.20 bits per heavy atom. The second-order valence-electron chi connectivity index (χ2n) is 4.28. The van der Waals surface area contributed by atoms with Gasteiger partial charge in [-0.25, -0.2) is 0 Å². The van der Waals surface area contributed by atoms with Gasteiger partial charge in [0.25, 0.3) is 0 Å². The summed E-state index contributed by atoms with van der Waals surface area (Å²) in [6, 6.07) is 5.72. The van der Waals surface area contributed by atoms with Gasteiger partial charge in [0.2, 0.25) is 0 Å². The van der Waals surface area contributed by atoms with Crippen molar-refractivity contribution >= 4 is 11.3 Å². The number of rotatable bonds is 4. The number of thiophene rings is 1. The van der Waals surface area contributed by atoms with Crippen LogP contribution in [-0.2, 0) is 0 Å². The molecule has 0 aliphatic carbocycles. The quantitative estimate of drug-likeness (QED) is 0.845. The molecule has 0 aromatic carbocycles. The maximum Gasteiger partial charge on any atom is 0.0416 e.